The van der Waals surface area contributed by atoms with Crippen LogP contribution in [0.1, 0.15) is 31.4 Å². The van der Waals surface area contributed by atoms with Gasteiger partial charge in [0, 0.05) is 17.5 Å². The van der Waals surface area contributed by atoms with E-state index in [0.29, 0.717) is 19.3 Å². The van der Waals surface area contributed by atoms with Gasteiger partial charge in [0.25, 0.3) is 0 Å². The average molecular weight is 418 g/mol. The summed E-state index contributed by atoms with van der Waals surface area (Å²) in [6, 6.07) is 15.3. The summed E-state index contributed by atoms with van der Waals surface area (Å²) in [4.78, 5) is 1.19. The molecule has 4 nitrogen and oxygen atoms in total. The van der Waals surface area contributed by atoms with Gasteiger partial charge in [0.15, 0.2) is 0 Å². The zero-order chi connectivity index (χ0) is 20.9. The van der Waals surface area contributed by atoms with Crippen LogP contribution in [0.4, 0.5) is 0 Å². The number of benzene rings is 2. The second kappa shape index (κ2) is 13.5. The summed E-state index contributed by atoms with van der Waals surface area (Å²) in [5, 5.41) is 3.65. The molecule has 29 heavy (non-hydrogen) atoms. The number of nitrogens with one attached hydrogen (secondary N) is 1. The first-order valence-electron chi connectivity index (χ1n) is 10.4. The number of aryl methyl sites for hydroxylation is 1. The topological polar surface area (TPSA) is 39.7 Å². The Labute approximate surface area is 180 Å². The highest BCUT2D eigenvalue weighted by Gasteiger charge is 2.06. The van der Waals surface area contributed by atoms with E-state index in [0.717, 1.165) is 43.9 Å². The number of thioether (sulfide) groups is 1. The second-order valence-corrected chi connectivity index (χ2v) is 7.87. The standard InChI is InChI=1S/C24H35NO3S/c1-5-27-16-17-28-23-13-10-21(18-24(23)29-4)14-15-25-19(2)6-7-20-8-11-22(26-3)12-9-20/h8-13,18-19,25H,5-7,14-17H2,1-4H3. The molecular formula is C24H35NO3S. The minimum Gasteiger partial charge on any atom is -0.497 e. The highest BCUT2D eigenvalue weighted by molar-refractivity contribution is 7.98. The van der Waals surface area contributed by atoms with Crippen molar-refractivity contribution in [1.82, 2.24) is 5.32 Å². The first-order chi connectivity index (χ1) is 14.2. The fourth-order valence-electron chi connectivity index (χ4n) is 3.08. The molecule has 0 bridgehead atoms. The number of hydrogen-bond acceptors (Lipinski definition) is 5. The number of hydrogen-bond donors (Lipinski definition) is 1. The van der Waals surface area contributed by atoms with Crippen LogP contribution >= 0.6 is 11.8 Å². The summed E-state index contributed by atoms with van der Waals surface area (Å²) in [5.41, 5.74) is 2.69. The van der Waals surface area contributed by atoms with Gasteiger partial charge in [-0.2, -0.15) is 0 Å². The molecule has 0 amide bonds. The van der Waals surface area contributed by atoms with Crippen molar-refractivity contribution < 1.29 is 14.2 Å². The third kappa shape index (κ3) is 8.69. The molecule has 1 unspecified atom stereocenters. The lowest BCUT2D eigenvalue weighted by Gasteiger charge is -2.15. The maximum Gasteiger partial charge on any atom is 0.132 e. The van der Waals surface area contributed by atoms with E-state index in [1.807, 2.05) is 19.1 Å². The molecule has 1 atom stereocenters. The monoisotopic (exact) mass is 417 g/mol. The first-order valence-corrected chi connectivity index (χ1v) is 11.6. The number of ether oxygens (including phenoxy) is 3. The van der Waals surface area contributed by atoms with Gasteiger partial charge in [-0.25, -0.2) is 0 Å². The molecule has 0 aliphatic heterocycles. The van der Waals surface area contributed by atoms with E-state index in [9.17, 15) is 0 Å². The normalized spacial score (nSPS) is 12.0. The minimum absolute atomic E-state index is 0.485. The van der Waals surface area contributed by atoms with Gasteiger partial charge in [0.05, 0.1) is 13.7 Å². The van der Waals surface area contributed by atoms with Crippen molar-refractivity contribution in [1.29, 1.82) is 0 Å². The van der Waals surface area contributed by atoms with E-state index < -0.39 is 0 Å². The lowest BCUT2D eigenvalue weighted by Crippen LogP contribution is -2.28. The zero-order valence-corrected chi connectivity index (χ0v) is 19.0. The van der Waals surface area contributed by atoms with E-state index in [4.69, 9.17) is 14.2 Å². The fraction of sp³-hybridized carbons (Fsp3) is 0.500. The van der Waals surface area contributed by atoms with Gasteiger partial charge in [-0.1, -0.05) is 18.2 Å². The van der Waals surface area contributed by atoms with Crippen molar-refractivity contribution in [2.75, 3.05) is 39.7 Å². The van der Waals surface area contributed by atoms with Gasteiger partial charge in [-0.3, -0.25) is 0 Å². The molecule has 0 aliphatic carbocycles. The molecule has 2 aromatic rings. The molecule has 160 valence electrons. The molecule has 0 aromatic heterocycles. The summed E-state index contributed by atoms with van der Waals surface area (Å²) < 4.78 is 16.4. The van der Waals surface area contributed by atoms with Gasteiger partial charge in [0.1, 0.15) is 18.1 Å². The van der Waals surface area contributed by atoms with Gasteiger partial charge in [-0.15, -0.1) is 11.8 Å². The summed E-state index contributed by atoms with van der Waals surface area (Å²) in [6.07, 6.45) is 5.30. The third-order valence-corrected chi connectivity index (χ3v) is 5.61. The molecule has 0 saturated heterocycles. The Morgan fingerprint density at radius 1 is 1.00 bits per heavy atom. The van der Waals surface area contributed by atoms with Crippen molar-refractivity contribution in [3.05, 3.63) is 53.6 Å². The SMILES string of the molecule is CCOCCOc1ccc(CCNC(C)CCc2ccc(OC)cc2)cc1SC. The molecule has 2 rings (SSSR count). The molecule has 0 aliphatic rings. The third-order valence-electron chi connectivity index (χ3n) is 4.85. The van der Waals surface area contributed by atoms with E-state index in [1.54, 1.807) is 18.9 Å². The van der Waals surface area contributed by atoms with Gasteiger partial charge < -0.3 is 19.5 Å². The lowest BCUT2D eigenvalue weighted by molar-refractivity contribution is 0.109. The molecule has 2 aromatic carbocycles. The Morgan fingerprint density at radius 3 is 2.45 bits per heavy atom. The molecular weight excluding hydrogens is 382 g/mol. The van der Waals surface area contributed by atoms with Crippen molar-refractivity contribution in [2.45, 2.75) is 44.0 Å². The van der Waals surface area contributed by atoms with Crippen LogP contribution in [0.2, 0.25) is 0 Å². The predicted octanol–water partition coefficient (Wildman–Crippen LogP) is 4.99. The van der Waals surface area contributed by atoms with E-state index in [2.05, 4.69) is 48.8 Å². The quantitative estimate of drug-likeness (QED) is 0.346. The van der Waals surface area contributed by atoms with Crippen LogP contribution in [0.5, 0.6) is 11.5 Å². The van der Waals surface area contributed by atoms with Crippen LogP contribution in [-0.4, -0.2) is 45.8 Å². The molecule has 0 fully saturated rings. The smallest absolute Gasteiger partial charge is 0.132 e. The molecule has 0 heterocycles. The highest BCUT2D eigenvalue weighted by atomic mass is 32.2. The highest BCUT2D eigenvalue weighted by Crippen LogP contribution is 2.28. The van der Waals surface area contributed by atoms with Crippen molar-refractivity contribution in [2.24, 2.45) is 0 Å². The van der Waals surface area contributed by atoms with Crippen LogP contribution in [0.25, 0.3) is 0 Å². The number of rotatable bonds is 14. The van der Waals surface area contributed by atoms with Crippen LogP contribution in [-0.2, 0) is 17.6 Å². The Morgan fingerprint density at radius 2 is 1.76 bits per heavy atom. The zero-order valence-electron chi connectivity index (χ0n) is 18.2. The molecule has 0 spiro atoms. The van der Waals surface area contributed by atoms with Gasteiger partial charge in [-0.05, 0) is 81.3 Å². The van der Waals surface area contributed by atoms with E-state index in [-0.39, 0.29) is 0 Å². The fourth-order valence-corrected chi connectivity index (χ4v) is 3.68. The Kier molecular flexibility index (Phi) is 11.0. The molecule has 1 N–H and O–H groups in total. The van der Waals surface area contributed by atoms with Crippen LogP contribution in [0, 0.1) is 0 Å². The molecule has 0 radical (unpaired) electrons. The first kappa shape index (κ1) is 23.6. The summed E-state index contributed by atoms with van der Waals surface area (Å²) in [5.74, 6) is 1.86. The maximum absolute atomic E-state index is 5.85. The van der Waals surface area contributed by atoms with Crippen molar-refractivity contribution in [3.8, 4) is 11.5 Å². The van der Waals surface area contributed by atoms with E-state index >= 15 is 0 Å². The van der Waals surface area contributed by atoms with Gasteiger partial charge >= 0.3 is 0 Å². The Balaban J connectivity index is 1.72. The molecule has 0 saturated carbocycles. The Hall–Kier alpha value is -1.69. The average Bonchev–Trinajstić information content (AvgIpc) is 2.76. The molecule has 5 heteroatoms. The van der Waals surface area contributed by atoms with Crippen LogP contribution in [0.3, 0.4) is 0 Å². The second-order valence-electron chi connectivity index (χ2n) is 7.02. The van der Waals surface area contributed by atoms with Crippen LogP contribution < -0.4 is 14.8 Å². The van der Waals surface area contributed by atoms with Gasteiger partial charge in [0.2, 0.25) is 0 Å². The van der Waals surface area contributed by atoms with Crippen molar-refractivity contribution in [3.63, 3.8) is 0 Å². The lowest BCUT2D eigenvalue weighted by atomic mass is 10.1. The number of methoxy groups -OCH3 is 1. The summed E-state index contributed by atoms with van der Waals surface area (Å²) in [6.45, 7) is 7.17. The Bertz CT molecular complexity index is 706. The minimum atomic E-state index is 0.485. The summed E-state index contributed by atoms with van der Waals surface area (Å²) in [7, 11) is 1.70. The van der Waals surface area contributed by atoms with E-state index in [1.165, 1.54) is 16.0 Å². The van der Waals surface area contributed by atoms with Crippen molar-refractivity contribution >= 4 is 11.8 Å². The maximum atomic E-state index is 5.85. The largest absolute Gasteiger partial charge is 0.497 e. The predicted molar refractivity (Wildman–Crippen MR) is 123 cm³/mol. The van der Waals surface area contributed by atoms with Crippen LogP contribution in [0.15, 0.2) is 47.4 Å². The summed E-state index contributed by atoms with van der Waals surface area (Å²) >= 11 is 1.73.